The van der Waals surface area contributed by atoms with E-state index in [2.05, 4.69) is 38.1 Å². The SMILES string of the molecule is CC1=CC(O)(c2ccc(C3CCC(C)CC3)cc2)C1. The van der Waals surface area contributed by atoms with Crippen molar-refractivity contribution in [2.24, 2.45) is 5.92 Å². The third kappa shape index (κ3) is 2.49. The highest BCUT2D eigenvalue weighted by Gasteiger charge is 2.34. The Morgan fingerprint density at radius 3 is 2.16 bits per heavy atom. The van der Waals surface area contributed by atoms with Gasteiger partial charge < -0.3 is 5.11 Å². The molecule has 0 bridgehead atoms. The number of hydrogen-bond donors (Lipinski definition) is 1. The van der Waals surface area contributed by atoms with Gasteiger partial charge in [-0.1, -0.05) is 49.6 Å². The molecule has 1 heteroatoms. The van der Waals surface area contributed by atoms with Crippen molar-refractivity contribution in [3.05, 3.63) is 47.0 Å². The van der Waals surface area contributed by atoms with Gasteiger partial charge in [-0.15, -0.1) is 0 Å². The van der Waals surface area contributed by atoms with Gasteiger partial charge in [-0.25, -0.2) is 0 Å². The Morgan fingerprint density at radius 1 is 1.05 bits per heavy atom. The third-order valence-electron chi connectivity index (χ3n) is 4.93. The molecule has 0 radical (unpaired) electrons. The van der Waals surface area contributed by atoms with E-state index in [0.717, 1.165) is 23.8 Å². The summed E-state index contributed by atoms with van der Waals surface area (Å²) in [5.41, 5.74) is 3.10. The summed E-state index contributed by atoms with van der Waals surface area (Å²) < 4.78 is 0. The molecule has 2 aliphatic rings. The Morgan fingerprint density at radius 2 is 1.63 bits per heavy atom. The quantitative estimate of drug-likeness (QED) is 0.771. The van der Waals surface area contributed by atoms with E-state index in [9.17, 15) is 5.11 Å². The van der Waals surface area contributed by atoms with E-state index in [1.165, 1.54) is 36.8 Å². The Bertz CT molecular complexity index is 477. The Balaban J connectivity index is 1.73. The molecule has 1 unspecified atom stereocenters. The van der Waals surface area contributed by atoms with Crippen LogP contribution in [0.3, 0.4) is 0 Å². The molecule has 0 heterocycles. The number of benzene rings is 1. The molecule has 1 saturated carbocycles. The van der Waals surface area contributed by atoms with Crippen molar-refractivity contribution in [3.63, 3.8) is 0 Å². The third-order valence-corrected chi connectivity index (χ3v) is 4.93. The van der Waals surface area contributed by atoms with Crippen LogP contribution in [0.4, 0.5) is 0 Å². The van der Waals surface area contributed by atoms with Crippen LogP contribution >= 0.6 is 0 Å². The number of aliphatic hydroxyl groups is 1. The molecular formula is C18H24O. The summed E-state index contributed by atoms with van der Waals surface area (Å²) in [4.78, 5) is 0. The van der Waals surface area contributed by atoms with Gasteiger partial charge in [-0.05, 0) is 48.8 Å². The van der Waals surface area contributed by atoms with E-state index < -0.39 is 5.60 Å². The summed E-state index contributed by atoms with van der Waals surface area (Å²) >= 11 is 0. The molecule has 0 aromatic heterocycles. The Labute approximate surface area is 116 Å². The van der Waals surface area contributed by atoms with E-state index in [1.54, 1.807) is 0 Å². The molecular weight excluding hydrogens is 232 g/mol. The first-order valence-electron chi connectivity index (χ1n) is 7.58. The highest BCUT2D eigenvalue weighted by atomic mass is 16.3. The van der Waals surface area contributed by atoms with Crippen molar-refractivity contribution < 1.29 is 5.11 Å². The summed E-state index contributed by atoms with van der Waals surface area (Å²) in [7, 11) is 0. The summed E-state index contributed by atoms with van der Waals surface area (Å²) in [5, 5.41) is 10.4. The topological polar surface area (TPSA) is 20.2 Å². The van der Waals surface area contributed by atoms with Crippen LogP contribution in [-0.2, 0) is 5.60 Å². The van der Waals surface area contributed by atoms with Crippen LogP contribution in [0, 0.1) is 5.92 Å². The molecule has 1 aromatic rings. The lowest BCUT2D eigenvalue weighted by atomic mass is 9.76. The highest BCUT2D eigenvalue weighted by Crippen LogP contribution is 2.40. The fourth-order valence-electron chi connectivity index (χ4n) is 3.63. The minimum absolute atomic E-state index is 0.691. The number of rotatable bonds is 2. The first-order chi connectivity index (χ1) is 9.07. The molecule has 0 amide bonds. The maximum absolute atomic E-state index is 10.4. The monoisotopic (exact) mass is 256 g/mol. The standard InChI is InChI=1S/C18H24O/c1-13-3-5-15(6-4-13)16-7-9-17(10-8-16)18(19)11-14(2)12-18/h7-11,13,15,19H,3-6,12H2,1-2H3. The van der Waals surface area contributed by atoms with Crippen molar-refractivity contribution in [2.75, 3.05) is 0 Å². The minimum atomic E-state index is -0.691. The summed E-state index contributed by atoms with van der Waals surface area (Å²) in [5.74, 6) is 1.64. The van der Waals surface area contributed by atoms with Gasteiger partial charge in [0.05, 0.1) is 0 Å². The molecule has 0 spiro atoms. The van der Waals surface area contributed by atoms with Gasteiger partial charge in [0.25, 0.3) is 0 Å². The Kier molecular flexibility index (Phi) is 3.26. The fraction of sp³-hybridized carbons (Fsp3) is 0.556. The van der Waals surface area contributed by atoms with Crippen LogP contribution in [-0.4, -0.2) is 5.11 Å². The first-order valence-corrected chi connectivity index (χ1v) is 7.58. The molecule has 1 aromatic carbocycles. The molecule has 0 aliphatic heterocycles. The molecule has 102 valence electrons. The van der Waals surface area contributed by atoms with Gasteiger partial charge in [0.15, 0.2) is 0 Å². The Hall–Kier alpha value is -1.08. The second-order valence-corrected chi connectivity index (χ2v) is 6.67. The predicted octanol–water partition coefficient (Wildman–Crippen LogP) is 4.52. The average molecular weight is 256 g/mol. The lowest BCUT2D eigenvalue weighted by Crippen LogP contribution is -2.30. The normalized spacial score (nSPS) is 34.6. The van der Waals surface area contributed by atoms with Crippen molar-refractivity contribution in [2.45, 2.75) is 57.5 Å². The molecule has 3 rings (SSSR count). The van der Waals surface area contributed by atoms with Crippen LogP contribution in [0.15, 0.2) is 35.9 Å². The van der Waals surface area contributed by atoms with E-state index in [0.29, 0.717) is 0 Å². The van der Waals surface area contributed by atoms with Crippen LogP contribution in [0.2, 0.25) is 0 Å². The van der Waals surface area contributed by atoms with Crippen molar-refractivity contribution in [1.82, 2.24) is 0 Å². The smallest absolute Gasteiger partial charge is 0.112 e. The van der Waals surface area contributed by atoms with Gasteiger partial charge in [0, 0.05) is 6.42 Å². The summed E-state index contributed by atoms with van der Waals surface area (Å²) in [6.45, 7) is 4.44. The highest BCUT2D eigenvalue weighted by molar-refractivity contribution is 5.38. The maximum atomic E-state index is 10.4. The van der Waals surface area contributed by atoms with Crippen LogP contribution in [0.5, 0.6) is 0 Å². The molecule has 0 saturated heterocycles. The molecule has 1 N–H and O–H groups in total. The molecule has 19 heavy (non-hydrogen) atoms. The van der Waals surface area contributed by atoms with E-state index in [1.807, 2.05) is 6.08 Å². The maximum Gasteiger partial charge on any atom is 0.112 e. The lowest BCUT2D eigenvalue weighted by molar-refractivity contribution is 0.0685. The zero-order valence-corrected chi connectivity index (χ0v) is 12.0. The molecule has 1 fully saturated rings. The fourth-order valence-corrected chi connectivity index (χ4v) is 3.63. The van der Waals surface area contributed by atoms with E-state index in [4.69, 9.17) is 0 Å². The zero-order valence-electron chi connectivity index (χ0n) is 12.0. The second kappa shape index (κ2) is 4.79. The van der Waals surface area contributed by atoms with Crippen molar-refractivity contribution >= 4 is 0 Å². The molecule has 1 atom stereocenters. The molecule has 2 aliphatic carbocycles. The van der Waals surface area contributed by atoms with E-state index >= 15 is 0 Å². The van der Waals surface area contributed by atoms with Crippen LogP contribution in [0.25, 0.3) is 0 Å². The summed E-state index contributed by atoms with van der Waals surface area (Å²) in [6, 6.07) is 8.71. The van der Waals surface area contributed by atoms with Gasteiger partial charge >= 0.3 is 0 Å². The van der Waals surface area contributed by atoms with Crippen molar-refractivity contribution in [1.29, 1.82) is 0 Å². The second-order valence-electron chi connectivity index (χ2n) is 6.67. The van der Waals surface area contributed by atoms with Gasteiger partial charge in [-0.3, -0.25) is 0 Å². The largest absolute Gasteiger partial charge is 0.381 e. The average Bonchev–Trinajstić information content (AvgIpc) is 2.38. The first kappa shape index (κ1) is 12.9. The number of hydrogen-bond acceptors (Lipinski definition) is 1. The van der Waals surface area contributed by atoms with E-state index in [-0.39, 0.29) is 0 Å². The lowest BCUT2D eigenvalue weighted by Gasteiger charge is -2.34. The molecule has 1 nitrogen and oxygen atoms in total. The van der Waals surface area contributed by atoms with Gasteiger partial charge in [-0.2, -0.15) is 0 Å². The predicted molar refractivity (Wildman–Crippen MR) is 79.1 cm³/mol. The van der Waals surface area contributed by atoms with Crippen LogP contribution in [0.1, 0.15) is 63.0 Å². The summed E-state index contributed by atoms with van der Waals surface area (Å²) in [6.07, 6.45) is 8.13. The van der Waals surface area contributed by atoms with Gasteiger partial charge in [0.2, 0.25) is 0 Å². The minimum Gasteiger partial charge on any atom is -0.381 e. The zero-order chi connectivity index (χ0) is 13.5. The van der Waals surface area contributed by atoms with Crippen molar-refractivity contribution in [3.8, 4) is 0 Å². The van der Waals surface area contributed by atoms with Crippen LogP contribution < -0.4 is 0 Å². The van der Waals surface area contributed by atoms with Gasteiger partial charge in [0.1, 0.15) is 5.60 Å².